The van der Waals surface area contributed by atoms with Crippen molar-refractivity contribution in [1.29, 1.82) is 0 Å². The van der Waals surface area contributed by atoms with E-state index >= 15 is 0 Å². The first-order valence-corrected chi connectivity index (χ1v) is 6.42. The topological polar surface area (TPSA) is 50.2 Å². The van der Waals surface area contributed by atoms with Crippen LogP contribution in [0.1, 0.15) is 16.7 Å². The van der Waals surface area contributed by atoms with Crippen LogP contribution in [0.3, 0.4) is 0 Å². The van der Waals surface area contributed by atoms with Gasteiger partial charge < -0.3 is 5.11 Å². The number of halogens is 1. The molecule has 0 saturated heterocycles. The van der Waals surface area contributed by atoms with Crippen molar-refractivity contribution in [3.05, 3.63) is 65.5 Å². The smallest absolute Gasteiger partial charge is 0.321 e. The molecule has 0 saturated carbocycles. The summed E-state index contributed by atoms with van der Waals surface area (Å²) in [7, 11) is 0. The Bertz CT molecular complexity index is 540. The van der Waals surface area contributed by atoms with Crippen LogP contribution in [0.15, 0.2) is 48.8 Å². The molecule has 0 fully saturated rings. The van der Waals surface area contributed by atoms with Crippen molar-refractivity contribution in [3.63, 3.8) is 0 Å². The number of aliphatic carboxylic acids is 1. The van der Waals surface area contributed by atoms with Crippen LogP contribution in [0.25, 0.3) is 0 Å². The number of hydrogen-bond acceptors (Lipinski definition) is 2. The molecular formula is C15H14ClNO2. The second-order valence-electron chi connectivity index (χ2n) is 4.36. The second-order valence-corrected chi connectivity index (χ2v) is 4.89. The van der Waals surface area contributed by atoms with Crippen LogP contribution in [0.5, 0.6) is 0 Å². The number of alkyl halides is 1. The second kappa shape index (κ2) is 6.34. The van der Waals surface area contributed by atoms with Crippen LogP contribution >= 0.6 is 11.6 Å². The molecule has 98 valence electrons. The van der Waals surface area contributed by atoms with E-state index in [-0.39, 0.29) is 0 Å². The average Bonchev–Trinajstić information content (AvgIpc) is 2.42. The fourth-order valence-electron chi connectivity index (χ4n) is 1.83. The van der Waals surface area contributed by atoms with Crippen molar-refractivity contribution in [1.82, 2.24) is 4.98 Å². The molecule has 1 aromatic heterocycles. The molecule has 0 aliphatic rings. The first-order chi connectivity index (χ1) is 9.15. The highest BCUT2D eigenvalue weighted by atomic mass is 35.5. The monoisotopic (exact) mass is 275 g/mol. The highest BCUT2D eigenvalue weighted by Gasteiger charge is 2.13. The van der Waals surface area contributed by atoms with Gasteiger partial charge in [0.15, 0.2) is 0 Å². The fraction of sp³-hybridized carbons (Fsp3) is 0.200. The summed E-state index contributed by atoms with van der Waals surface area (Å²) >= 11 is 5.71. The molecule has 0 amide bonds. The van der Waals surface area contributed by atoms with Crippen molar-refractivity contribution < 1.29 is 9.90 Å². The lowest BCUT2D eigenvalue weighted by molar-refractivity contribution is -0.136. The molecule has 0 radical (unpaired) electrons. The first-order valence-electron chi connectivity index (χ1n) is 5.99. The van der Waals surface area contributed by atoms with E-state index in [9.17, 15) is 4.79 Å². The Kier molecular flexibility index (Phi) is 4.53. The van der Waals surface area contributed by atoms with Crippen LogP contribution in [-0.2, 0) is 17.6 Å². The minimum Gasteiger partial charge on any atom is -0.480 e. The maximum Gasteiger partial charge on any atom is 0.321 e. The fourth-order valence-corrected chi connectivity index (χ4v) is 2.00. The molecule has 0 aliphatic carbocycles. The summed E-state index contributed by atoms with van der Waals surface area (Å²) < 4.78 is 0. The Morgan fingerprint density at radius 2 is 1.84 bits per heavy atom. The predicted octanol–water partition coefficient (Wildman–Crippen LogP) is 2.91. The highest BCUT2D eigenvalue weighted by Crippen LogP contribution is 2.13. The third kappa shape index (κ3) is 4.07. The normalized spacial score (nSPS) is 12.1. The van der Waals surface area contributed by atoms with E-state index in [1.54, 1.807) is 6.20 Å². The minimum absolute atomic E-state index is 0.337. The zero-order valence-electron chi connectivity index (χ0n) is 10.3. The summed E-state index contributed by atoms with van der Waals surface area (Å²) in [5, 5.41) is 7.88. The van der Waals surface area contributed by atoms with E-state index in [4.69, 9.17) is 16.7 Å². The third-order valence-corrected chi connectivity index (χ3v) is 3.18. The number of nitrogens with zero attached hydrogens (tertiary/aromatic N) is 1. The van der Waals surface area contributed by atoms with E-state index in [1.165, 1.54) is 0 Å². The highest BCUT2D eigenvalue weighted by molar-refractivity contribution is 6.29. The van der Waals surface area contributed by atoms with Gasteiger partial charge in [-0.3, -0.25) is 9.78 Å². The molecule has 4 heteroatoms. The van der Waals surface area contributed by atoms with Gasteiger partial charge in [0.2, 0.25) is 0 Å². The number of pyridine rings is 1. The maximum atomic E-state index is 10.7. The van der Waals surface area contributed by atoms with Gasteiger partial charge in [0, 0.05) is 12.4 Å². The van der Waals surface area contributed by atoms with E-state index < -0.39 is 11.3 Å². The van der Waals surface area contributed by atoms with Crippen LogP contribution in [-0.4, -0.2) is 21.4 Å². The molecule has 0 bridgehead atoms. The zero-order valence-corrected chi connectivity index (χ0v) is 11.0. The molecule has 1 unspecified atom stereocenters. The molecule has 2 rings (SSSR count). The van der Waals surface area contributed by atoms with Crippen molar-refractivity contribution in [3.8, 4) is 0 Å². The van der Waals surface area contributed by atoms with Gasteiger partial charge in [-0.15, -0.1) is 11.6 Å². The molecule has 1 N–H and O–H groups in total. The van der Waals surface area contributed by atoms with Gasteiger partial charge in [0.25, 0.3) is 0 Å². The minimum atomic E-state index is -0.985. The molecule has 0 spiro atoms. The molecule has 3 nitrogen and oxygen atoms in total. The van der Waals surface area contributed by atoms with Crippen LogP contribution in [0.2, 0.25) is 0 Å². The van der Waals surface area contributed by atoms with Gasteiger partial charge in [-0.05, 0) is 35.6 Å². The number of carboxylic acids is 1. The molecule has 1 atom stereocenters. The lowest BCUT2D eigenvalue weighted by Gasteiger charge is -2.06. The van der Waals surface area contributed by atoms with Crippen molar-refractivity contribution >= 4 is 17.6 Å². The Morgan fingerprint density at radius 1 is 1.16 bits per heavy atom. The van der Waals surface area contributed by atoms with Gasteiger partial charge in [0.05, 0.1) is 0 Å². The van der Waals surface area contributed by atoms with Crippen LogP contribution < -0.4 is 0 Å². The van der Waals surface area contributed by atoms with Crippen molar-refractivity contribution in [2.75, 3.05) is 0 Å². The molecule has 1 aromatic carbocycles. The van der Waals surface area contributed by atoms with Gasteiger partial charge >= 0.3 is 5.97 Å². The number of rotatable bonds is 5. The summed E-state index contributed by atoms with van der Waals surface area (Å²) in [6.45, 7) is 0. The van der Waals surface area contributed by atoms with Crippen LogP contribution in [0.4, 0.5) is 0 Å². The number of hydrogen-bond donors (Lipinski definition) is 1. The van der Waals surface area contributed by atoms with Gasteiger partial charge in [-0.1, -0.05) is 30.3 Å². The van der Waals surface area contributed by atoms with Gasteiger partial charge in [-0.2, -0.15) is 0 Å². The molecule has 2 aromatic rings. The maximum absolute atomic E-state index is 10.7. The number of benzene rings is 1. The van der Waals surface area contributed by atoms with Crippen molar-refractivity contribution in [2.45, 2.75) is 18.2 Å². The number of carboxylic acid groups (broad SMARTS) is 1. The Hall–Kier alpha value is -1.87. The summed E-state index contributed by atoms with van der Waals surface area (Å²) in [4.78, 5) is 14.7. The Morgan fingerprint density at radius 3 is 2.42 bits per heavy atom. The van der Waals surface area contributed by atoms with Gasteiger partial charge in [-0.25, -0.2) is 0 Å². The first kappa shape index (κ1) is 13.6. The lowest BCUT2D eigenvalue weighted by Crippen LogP contribution is -2.15. The van der Waals surface area contributed by atoms with Gasteiger partial charge in [0.1, 0.15) is 5.38 Å². The summed E-state index contributed by atoms with van der Waals surface area (Å²) in [5.74, 6) is -0.985. The number of carbonyl (C=O) groups is 1. The van der Waals surface area contributed by atoms with E-state index in [0.29, 0.717) is 6.42 Å². The SMILES string of the molecule is O=C(O)C(Cl)Cc1ccc(Cc2cccnc2)cc1. The van der Waals surface area contributed by atoms with Crippen molar-refractivity contribution in [2.24, 2.45) is 0 Å². The van der Waals surface area contributed by atoms with E-state index in [2.05, 4.69) is 4.98 Å². The lowest BCUT2D eigenvalue weighted by atomic mass is 10.0. The Labute approximate surface area is 116 Å². The summed E-state index contributed by atoms with van der Waals surface area (Å²) in [5.41, 5.74) is 3.24. The van der Waals surface area contributed by atoms with E-state index in [1.807, 2.05) is 42.6 Å². The molecular weight excluding hydrogens is 262 g/mol. The standard InChI is InChI=1S/C15H14ClNO2/c16-14(15(18)19)9-12-5-3-11(4-6-12)8-13-2-1-7-17-10-13/h1-7,10,14H,8-9H2,(H,18,19). The largest absolute Gasteiger partial charge is 0.480 e. The quantitative estimate of drug-likeness (QED) is 0.854. The molecule has 19 heavy (non-hydrogen) atoms. The predicted molar refractivity (Wildman–Crippen MR) is 74.5 cm³/mol. The summed E-state index contributed by atoms with van der Waals surface area (Å²) in [6, 6.07) is 11.8. The van der Waals surface area contributed by atoms with Crippen LogP contribution in [0, 0.1) is 0 Å². The molecule has 0 aliphatic heterocycles. The summed E-state index contributed by atoms with van der Waals surface area (Å²) in [6.07, 6.45) is 4.74. The Balaban J connectivity index is 2.01. The zero-order chi connectivity index (χ0) is 13.7. The third-order valence-electron chi connectivity index (χ3n) is 2.84. The number of aromatic nitrogens is 1. The molecule has 1 heterocycles. The average molecular weight is 276 g/mol. The van der Waals surface area contributed by atoms with E-state index in [0.717, 1.165) is 23.1 Å².